The Balaban J connectivity index is 3.61. The van der Waals surface area contributed by atoms with Crippen LogP contribution < -0.4 is 0 Å². The van der Waals surface area contributed by atoms with Gasteiger partial charge >= 0.3 is 5.97 Å². The van der Waals surface area contributed by atoms with E-state index >= 15 is 0 Å². The summed E-state index contributed by atoms with van der Waals surface area (Å²) in [4.78, 5) is 10.4. The van der Waals surface area contributed by atoms with Gasteiger partial charge in [-0.25, -0.2) is 8.78 Å². The van der Waals surface area contributed by atoms with E-state index in [9.17, 15) is 13.6 Å². The number of hydrogen-bond acceptors (Lipinski definition) is 2. The quantitative estimate of drug-likeness (QED) is 0.546. The normalized spacial score (nSPS) is 11.3. The monoisotopic (exact) mass is 230 g/mol. The van der Waals surface area contributed by atoms with Gasteiger partial charge in [-0.1, -0.05) is 15.9 Å². The van der Waals surface area contributed by atoms with E-state index in [-0.39, 0.29) is 6.42 Å². The van der Waals surface area contributed by atoms with Crippen molar-refractivity contribution in [3.63, 3.8) is 0 Å². The minimum absolute atomic E-state index is 0.241. The van der Waals surface area contributed by atoms with E-state index in [1.54, 1.807) is 0 Å². The van der Waals surface area contributed by atoms with E-state index in [0.29, 0.717) is 0 Å². The molecule has 0 N–H and O–H groups in total. The van der Waals surface area contributed by atoms with Crippen LogP contribution in [0.1, 0.15) is 12.8 Å². The van der Waals surface area contributed by atoms with Crippen molar-refractivity contribution in [1.82, 2.24) is 0 Å². The van der Waals surface area contributed by atoms with Gasteiger partial charge in [0, 0.05) is 6.42 Å². The van der Waals surface area contributed by atoms with Gasteiger partial charge in [-0.05, 0) is 0 Å². The van der Waals surface area contributed by atoms with E-state index < -0.39 is 23.6 Å². The van der Waals surface area contributed by atoms with E-state index in [0.717, 1.165) is 0 Å². The summed E-state index contributed by atoms with van der Waals surface area (Å²) < 4.78 is 29.0. The van der Waals surface area contributed by atoms with Crippen LogP contribution in [0.4, 0.5) is 8.78 Å². The van der Waals surface area contributed by atoms with E-state index in [1.165, 1.54) is 7.11 Å². The standard InChI is InChI=1S/C6H9BrF2O2/c1-11-5(10)2-3-6(8,9)4-7/h2-4H2,1H3. The zero-order valence-electron chi connectivity index (χ0n) is 6.07. The molecule has 0 atom stereocenters. The molecule has 2 nitrogen and oxygen atoms in total. The molecule has 0 unspecified atom stereocenters. The largest absolute Gasteiger partial charge is 0.469 e. The molecule has 0 aromatic carbocycles. The highest BCUT2D eigenvalue weighted by Gasteiger charge is 2.27. The van der Waals surface area contributed by atoms with Gasteiger partial charge in [-0.15, -0.1) is 0 Å². The van der Waals surface area contributed by atoms with Gasteiger partial charge in [-0.2, -0.15) is 0 Å². The molecule has 0 saturated heterocycles. The Labute approximate surface area is 72.0 Å². The lowest BCUT2D eigenvalue weighted by molar-refractivity contribution is -0.142. The summed E-state index contributed by atoms with van der Waals surface area (Å²) in [5, 5.41) is -0.420. The van der Waals surface area contributed by atoms with Crippen LogP contribution in [0.5, 0.6) is 0 Å². The number of alkyl halides is 3. The van der Waals surface area contributed by atoms with Crippen molar-refractivity contribution in [3.8, 4) is 0 Å². The van der Waals surface area contributed by atoms with Gasteiger partial charge in [0.1, 0.15) is 0 Å². The molecule has 5 heteroatoms. The molecule has 0 bridgehead atoms. The predicted molar refractivity (Wildman–Crippen MR) is 40.0 cm³/mol. The lowest BCUT2D eigenvalue weighted by atomic mass is 10.2. The fraction of sp³-hybridized carbons (Fsp3) is 0.833. The molecule has 0 aliphatic carbocycles. The van der Waals surface area contributed by atoms with Crippen LogP contribution in [-0.2, 0) is 9.53 Å². The second kappa shape index (κ2) is 4.64. The van der Waals surface area contributed by atoms with Gasteiger partial charge in [0.05, 0.1) is 18.9 Å². The van der Waals surface area contributed by atoms with Gasteiger partial charge in [0.25, 0.3) is 5.92 Å². The molecule has 0 aliphatic heterocycles. The Hall–Kier alpha value is -0.190. The topological polar surface area (TPSA) is 26.3 Å². The predicted octanol–water partition coefficient (Wildman–Crippen LogP) is 1.97. The maximum Gasteiger partial charge on any atom is 0.305 e. The molecule has 66 valence electrons. The first kappa shape index (κ1) is 10.8. The van der Waals surface area contributed by atoms with Crippen molar-refractivity contribution >= 4 is 21.9 Å². The average molecular weight is 231 g/mol. The van der Waals surface area contributed by atoms with Crippen LogP contribution in [0.15, 0.2) is 0 Å². The summed E-state index contributed by atoms with van der Waals surface area (Å²) in [7, 11) is 1.18. The van der Waals surface area contributed by atoms with Crippen molar-refractivity contribution in [2.45, 2.75) is 18.8 Å². The number of ether oxygens (including phenoxy) is 1. The van der Waals surface area contributed by atoms with Crippen molar-refractivity contribution in [1.29, 1.82) is 0 Å². The molecule has 11 heavy (non-hydrogen) atoms. The highest BCUT2D eigenvalue weighted by atomic mass is 79.9. The van der Waals surface area contributed by atoms with Crippen LogP contribution in [0, 0.1) is 0 Å². The second-order valence-electron chi connectivity index (χ2n) is 2.07. The molecule has 0 heterocycles. The Morgan fingerprint density at radius 3 is 2.55 bits per heavy atom. The van der Waals surface area contributed by atoms with Crippen molar-refractivity contribution < 1.29 is 18.3 Å². The third-order valence-corrected chi connectivity index (χ3v) is 1.94. The summed E-state index contributed by atoms with van der Waals surface area (Å²) >= 11 is 2.64. The van der Waals surface area contributed by atoms with E-state index in [2.05, 4.69) is 20.7 Å². The van der Waals surface area contributed by atoms with Crippen LogP contribution in [0.2, 0.25) is 0 Å². The highest BCUT2D eigenvalue weighted by Crippen LogP contribution is 2.22. The first-order chi connectivity index (χ1) is 5.02. The summed E-state index contributed by atoms with van der Waals surface area (Å²) in [6.45, 7) is 0. The fourth-order valence-electron chi connectivity index (χ4n) is 0.454. The fourth-order valence-corrected chi connectivity index (χ4v) is 0.734. The van der Waals surface area contributed by atoms with Gasteiger partial charge in [0.15, 0.2) is 0 Å². The second-order valence-corrected chi connectivity index (χ2v) is 2.63. The molecular formula is C6H9BrF2O2. The van der Waals surface area contributed by atoms with Gasteiger partial charge < -0.3 is 4.74 Å². The molecule has 0 radical (unpaired) electrons. The molecule has 0 rings (SSSR count). The van der Waals surface area contributed by atoms with Crippen molar-refractivity contribution in [2.24, 2.45) is 0 Å². The Morgan fingerprint density at radius 2 is 2.18 bits per heavy atom. The van der Waals surface area contributed by atoms with E-state index in [1.807, 2.05) is 0 Å². The maximum atomic E-state index is 12.4. The summed E-state index contributed by atoms with van der Waals surface area (Å²) in [6, 6.07) is 0. The number of carbonyl (C=O) groups excluding carboxylic acids is 1. The first-order valence-electron chi connectivity index (χ1n) is 3.02. The number of methoxy groups -OCH3 is 1. The van der Waals surface area contributed by atoms with E-state index in [4.69, 9.17) is 0 Å². The molecular weight excluding hydrogens is 222 g/mol. The molecule has 0 fully saturated rings. The minimum Gasteiger partial charge on any atom is -0.469 e. The first-order valence-corrected chi connectivity index (χ1v) is 4.14. The number of esters is 1. The molecule has 0 aromatic heterocycles. The lowest BCUT2D eigenvalue weighted by Crippen LogP contribution is -2.19. The van der Waals surface area contributed by atoms with Crippen LogP contribution in [0.3, 0.4) is 0 Å². The number of halogens is 3. The average Bonchev–Trinajstić information content (AvgIpc) is 2.00. The van der Waals surface area contributed by atoms with Crippen LogP contribution >= 0.6 is 15.9 Å². The Bertz CT molecular complexity index is 139. The Morgan fingerprint density at radius 1 is 1.64 bits per heavy atom. The molecule has 0 spiro atoms. The Kier molecular flexibility index (Phi) is 4.56. The van der Waals surface area contributed by atoms with Crippen LogP contribution in [0.25, 0.3) is 0 Å². The van der Waals surface area contributed by atoms with Crippen molar-refractivity contribution in [3.05, 3.63) is 0 Å². The third kappa shape index (κ3) is 5.12. The zero-order valence-corrected chi connectivity index (χ0v) is 7.66. The third-order valence-electron chi connectivity index (χ3n) is 1.12. The summed E-state index contributed by atoms with van der Waals surface area (Å²) in [5.41, 5.74) is 0. The van der Waals surface area contributed by atoms with Gasteiger partial charge in [0.2, 0.25) is 0 Å². The number of rotatable bonds is 4. The lowest BCUT2D eigenvalue weighted by Gasteiger charge is -2.10. The zero-order chi connectivity index (χ0) is 8.91. The van der Waals surface area contributed by atoms with Crippen molar-refractivity contribution in [2.75, 3.05) is 12.4 Å². The molecule has 0 saturated carbocycles. The molecule has 0 aliphatic rings. The number of carbonyl (C=O) groups is 1. The highest BCUT2D eigenvalue weighted by molar-refractivity contribution is 9.09. The maximum absolute atomic E-state index is 12.4. The van der Waals surface area contributed by atoms with Gasteiger partial charge in [-0.3, -0.25) is 4.79 Å². The molecule has 0 aromatic rings. The van der Waals surface area contributed by atoms with Crippen LogP contribution in [-0.4, -0.2) is 24.3 Å². The molecule has 0 amide bonds. The summed E-state index contributed by atoms with van der Waals surface area (Å²) in [5.74, 6) is -3.42. The summed E-state index contributed by atoms with van der Waals surface area (Å²) in [6.07, 6.45) is -0.708. The minimum atomic E-state index is -2.81. The smallest absolute Gasteiger partial charge is 0.305 e. The number of hydrogen-bond donors (Lipinski definition) is 0. The SMILES string of the molecule is COC(=O)CCC(F)(F)CBr.